The van der Waals surface area contributed by atoms with Gasteiger partial charge in [0.15, 0.2) is 5.78 Å². The van der Waals surface area contributed by atoms with Gasteiger partial charge in [0, 0.05) is 6.20 Å². The van der Waals surface area contributed by atoms with E-state index in [1.165, 1.54) is 6.33 Å². The number of hydrogen-bond donors (Lipinski definition) is 1. The maximum atomic E-state index is 11.7. The fraction of sp³-hybridized carbons (Fsp3) is 0.417. The third kappa shape index (κ3) is 2.46. The lowest BCUT2D eigenvalue weighted by Crippen LogP contribution is -2.23. The molecule has 0 spiro atoms. The number of fused-ring (bicyclic) bond motifs is 1. The lowest BCUT2D eigenvalue weighted by molar-refractivity contribution is 0.102. The van der Waals surface area contributed by atoms with E-state index in [-0.39, 0.29) is 11.7 Å². The molecule has 96 valence electrons. The van der Waals surface area contributed by atoms with Crippen LogP contribution < -0.4 is 4.74 Å². The van der Waals surface area contributed by atoms with E-state index in [0.29, 0.717) is 22.5 Å². The zero-order chi connectivity index (χ0) is 13.3. The first-order chi connectivity index (χ1) is 8.42. The first kappa shape index (κ1) is 12.8. The van der Waals surface area contributed by atoms with Crippen molar-refractivity contribution in [1.82, 2.24) is 15.0 Å². The number of aromatic amines is 1. The standard InChI is InChI=1S/C12H14ClN3O2/c1-12(2,3)18-11-9-7(8(17)4-13)5-14-10(9)15-6-16-11/h5-6H,4H2,1-3H3,(H,14,15,16). The molecule has 0 amide bonds. The predicted octanol–water partition coefficient (Wildman–Crippen LogP) is 2.56. The molecule has 0 bridgehead atoms. The molecule has 0 saturated carbocycles. The summed E-state index contributed by atoms with van der Waals surface area (Å²) in [5, 5.41) is 0.582. The zero-order valence-electron chi connectivity index (χ0n) is 10.5. The molecule has 2 aromatic heterocycles. The van der Waals surface area contributed by atoms with Gasteiger partial charge in [0.1, 0.15) is 17.6 Å². The van der Waals surface area contributed by atoms with E-state index >= 15 is 0 Å². The van der Waals surface area contributed by atoms with Crippen molar-refractivity contribution in [1.29, 1.82) is 0 Å². The van der Waals surface area contributed by atoms with E-state index < -0.39 is 5.60 Å². The van der Waals surface area contributed by atoms with Crippen LogP contribution in [0, 0.1) is 0 Å². The molecule has 2 aromatic rings. The molecule has 0 aliphatic carbocycles. The highest BCUT2D eigenvalue weighted by Crippen LogP contribution is 2.28. The van der Waals surface area contributed by atoms with E-state index in [2.05, 4.69) is 15.0 Å². The molecule has 0 aromatic carbocycles. The summed E-state index contributed by atoms with van der Waals surface area (Å²) in [4.78, 5) is 22.8. The third-order valence-corrected chi connectivity index (χ3v) is 2.50. The molecule has 0 atom stereocenters. The third-order valence-electron chi connectivity index (χ3n) is 2.26. The molecule has 0 saturated heterocycles. The molecule has 0 aliphatic heterocycles. The van der Waals surface area contributed by atoms with E-state index in [1.54, 1.807) is 6.20 Å². The maximum absolute atomic E-state index is 11.7. The van der Waals surface area contributed by atoms with Crippen LogP contribution in [0.25, 0.3) is 11.0 Å². The Morgan fingerprint density at radius 2 is 2.17 bits per heavy atom. The van der Waals surface area contributed by atoms with Crippen LogP contribution in [-0.2, 0) is 0 Å². The average Bonchev–Trinajstić information content (AvgIpc) is 2.71. The van der Waals surface area contributed by atoms with Gasteiger partial charge in [-0.2, -0.15) is 0 Å². The van der Waals surface area contributed by atoms with Crippen molar-refractivity contribution in [3.05, 3.63) is 18.1 Å². The van der Waals surface area contributed by atoms with Crippen molar-refractivity contribution < 1.29 is 9.53 Å². The van der Waals surface area contributed by atoms with E-state index in [0.717, 1.165) is 0 Å². The number of H-pyrrole nitrogens is 1. The smallest absolute Gasteiger partial charge is 0.227 e. The summed E-state index contributed by atoms with van der Waals surface area (Å²) in [6, 6.07) is 0. The van der Waals surface area contributed by atoms with Crippen molar-refractivity contribution in [3.63, 3.8) is 0 Å². The first-order valence-electron chi connectivity index (χ1n) is 5.52. The van der Waals surface area contributed by atoms with Crippen molar-refractivity contribution >= 4 is 28.4 Å². The minimum Gasteiger partial charge on any atom is -0.471 e. The second-order valence-electron chi connectivity index (χ2n) is 4.88. The molecule has 0 radical (unpaired) electrons. The van der Waals surface area contributed by atoms with Crippen LogP contribution in [0.2, 0.25) is 0 Å². The minimum absolute atomic E-state index is 0.0865. The summed E-state index contributed by atoms with van der Waals surface area (Å²) in [6.07, 6.45) is 2.98. The molecule has 0 aliphatic rings. The quantitative estimate of drug-likeness (QED) is 0.685. The van der Waals surface area contributed by atoms with Gasteiger partial charge in [0.2, 0.25) is 5.88 Å². The molecule has 5 nitrogen and oxygen atoms in total. The Kier molecular flexibility index (Phi) is 3.26. The molecule has 0 fully saturated rings. The number of alkyl halides is 1. The van der Waals surface area contributed by atoms with Gasteiger partial charge in [-0.15, -0.1) is 11.6 Å². The van der Waals surface area contributed by atoms with Crippen LogP contribution in [0.5, 0.6) is 5.88 Å². The summed E-state index contributed by atoms with van der Waals surface area (Å²) < 4.78 is 5.74. The van der Waals surface area contributed by atoms with Crippen LogP contribution >= 0.6 is 11.6 Å². The highest BCUT2D eigenvalue weighted by atomic mass is 35.5. The largest absolute Gasteiger partial charge is 0.471 e. The van der Waals surface area contributed by atoms with Gasteiger partial charge in [-0.05, 0) is 20.8 Å². The Labute approximate surface area is 110 Å². The number of carbonyl (C=O) groups is 1. The molecule has 1 N–H and O–H groups in total. The number of halogens is 1. The van der Waals surface area contributed by atoms with Gasteiger partial charge < -0.3 is 9.72 Å². The SMILES string of the molecule is CC(C)(C)Oc1ncnc2[nH]cc(C(=O)CCl)c12. The molecule has 18 heavy (non-hydrogen) atoms. The van der Waals surface area contributed by atoms with Crippen LogP contribution in [0.15, 0.2) is 12.5 Å². The molecule has 2 heterocycles. The Balaban J connectivity index is 2.59. The summed E-state index contributed by atoms with van der Waals surface area (Å²) in [5.41, 5.74) is 0.623. The summed E-state index contributed by atoms with van der Waals surface area (Å²) in [5.74, 6) is 0.121. The van der Waals surface area contributed by atoms with Crippen LogP contribution in [0.3, 0.4) is 0 Å². The fourth-order valence-electron chi connectivity index (χ4n) is 1.59. The number of nitrogens with one attached hydrogen (secondary N) is 1. The van der Waals surface area contributed by atoms with Crippen LogP contribution in [-0.4, -0.2) is 32.2 Å². The lowest BCUT2D eigenvalue weighted by Gasteiger charge is -2.20. The van der Waals surface area contributed by atoms with E-state index in [4.69, 9.17) is 16.3 Å². The zero-order valence-corrected chi connectivity index (χ0v) is 11.2. The predicted molar refractivity (Wildman–Crippen MR) is 69.3 cm³/mol. The van der Waals surface area contributed by atoms with Crippen molar-refractivity contribution in [2.24, 2.45) is 0 Å². The Morgan fingerprint density at radius 3 is 2.78 bits per heavy atom. The second-order valence-corrected chi connectivity index (χ2v) is 5.14. The maximum Gasteiger partial charge on any atom is 0.227 e. The molecule has 6 heteroatoms. The monoisotopic (exact) mass is 267 g/mol. The van der Waals surface area contributed by atoms with Crippen molar-refractivity contribution in [2.75, 3.05) is 5.88 Å². The number of Topliss-reactive ketones (excluding diaryl/α,β-unsaturated/α-hetero) is 1. The number of rotatable bonds is 3. The topological polar surface area (TPSA) is 67.9 Å². The Bertz CT molecular complexity index is 587. The molecular formula is C12H14ClN3O2. The number of ether oxygens (including phenoxy) is 1. The Hall–Kier alpha value is -1.62. The second kappa shape index (κ2) is 4.57. The first-order valence-corrected chi connectivity index (χ1v) is 6.06. The highest BCUT2D eigenvalue weighted by molar-refractivity contribution is 6.32. The lowest BCUT2D eigenvalue weighted by atomic mass is 10.1. The normalized spacial score (nSPS) is 11.8. The highest BCUT2D eigenvalue weighted by Gasteiger charge is 2.20. The number of carbonyl (C=O) groups excluding carboxylic acids is 1. The molecule has 0 unspecified atom stereocenters. The van der Waals surface area contributed by atoms with Crippen molar-refractivity contribution in [3.8, 4) is 5.88 Å². The Morgan fingerprint density at radius 1 is 1.44 bits per heavy atom. The average molecular weight is 268 g/mol. The van der Waals surface area contributed by atoms with Gasteiger partial charge in [0.05, 0.1) is 16.8 Å². The fourth-order valence-corrected chi connectivity index (χ4v) is 1.74. The van der Waals surface area contributed by atoms with Gasteiger partial charge in [0.25, 0.3) is 0 Å². The summed E-state index contributed by atoms with van der Waals surface area (Å²) in [7, 11) is 0. The van der Waals surface area contributed by atoms with Gasteiger partial charge >= 0.3 is 0 Å². The van der Waals surface area contributed by atoms with Gasteiger partial charge in [-0.1, -0.05) is 0 Å². The summed E-state index contributed by atoms with van der Waals surface area (Å²) >= 11 is 5.58. The number of ketones is 1. The minimum atomic E-state index is -0.403. The van der Waals surface area contributed by atoms with Crippen molar-refractivity contribution in [2.45, 2.75) is 26.4 Å². The van der Waals surface area contributed by atoms with Crippen LogP contribution in [0.1, 0.15) is 31.1 Å². The van der Waals surface area contributed by atoms with Crippen LogP contribution in [0.4, 0.5) is 0 Å². The summed E-state index contributed by atoms with van der Waals surface area (Å²) in [6.45, 7) is 5.74. The number of nitrogens with zero attached hydrogens (tertiary/aromatic N) is 2. The number of aromatic nitrogens is 3. The number of hydrogen-bond acceptors (Lipinski definition) is 4. The molecule has 2 rings (SSSR count). The van der Waals surface area contributed by atoms with Gasteiger partial charge in [-0.25, -0.2) is 9.97 Å². The van der Waals surface area contributed by atoms with E-state index in [1.807, 2.05) is 20.8 Å². The molecular weight excluding hydrogens is 254 g/mol. The van der Waals surface area contributed by atoms with Gasteiger partial charge in [-0.3, -0.25) is 4.79 Å². The van der Waals surface area contributed by atoms with E-state index in [9.17, 15) is 4.79 Å².